The van der Waals surface area contributed by atoms with Crippen molar-refractivity contribution < 1.29 is 26.4 Å². The molecular formula is C13H17F3N2O3S. The van der Waals surface area contributed by atoms with E-state index in [9.17, 15) is 26.4 Å². The smallest absolute Gasteiger partial charge is 0.326 e. The van der Waals surface area contributed by atoms with E-state index in [1.807, 2.05) is 13.8 Å². The molecule has 5 nitrogen and oxygen atoms in total. The van der Waals surface area contributed by atoms with Crippen LogP contribution >= 0.6 is 0 Å². The molecule has 0 fully saturated rings. The summed E-state index contributed by atoms with van der Waals surface area (Å²) in [6, 6.07) is 4.90. The minimum Gasteiger partial charge on any atom is -0.326 e. The van der Waals surface area contributed by atoms with Crippen molar-refractivity contribution in [3.05, 3.63) is 24.3 Å². The Bertz CT molecular complexity index is 610. The SMILES string of the molecule is CC(C)CC(=O)Nc1ccc(S(=O)(=O)NCC(F)(F)F)cc1. The number of anilines is 1. The van der Waals surface area contributed by atoms with Crippen molar-refractivity contribution in [2.75, 3.05) is 11.9 Å². The van der Waals surface area contributed by atoms with Crippen molar-refractivity contribution in [2.45, 2.75) is 31.3 Å². The average Bonchev–Trinajstić information content (AvgIpc) is 2.35. The van der Waals surface area contributed by atoms with E-state index in [0.717, 1.165) is 12.1 Å². The molecule has 124 valence electrons. The Morgan fingerprint density at radius 1 is 1.18 bits per heavy atom. The number of hydrogen-bond acceptors (Lipinski definition) is 3. The molecule has 0 saturated heterocycles. The predicted octanol–water partition coefficient (Wildman–Crippen LogP) is 2.51. The van der Waals surface area contributed by atoms with E-state index in [1.165, 1.54) is 16.9 Å². The molecule has 0 aliphatic rings. The summed E-state index contributed by atoms with van der Waals surface area (Å²) < 4.78 is 60.9. The number of halogens is 3. The summed E-state index contributed by atoms with van der Waals surface area (Å²) in [6.45, 7) is 2.12. The van der Waals surface area contributed by atoms with Gasteiger partial charge in [-0.05, 0) is 30.2 Å². The van der Waals surface area contributed by atoms with Gasteiger partial charge in [0.1, 0.15) is 6.54 Å². The number of amides is 1. The summed E-state index contributed by atoms with van der Waals surface area (Å²) in [6.07, 6.45) is -4.31. The maximum absolute atomic E-state index is 12.0. The van der Waals surface area contributed by atoms with Crippen LogP contribution in [0.4, 0.5) is 18.9 Å². The Balaban J connectivity index is 2.73. The minimum absolute atomic E-state index is 0.172. The minimum atomic E-state index is -4.63. The van der Waals surface area contributed by atoms with Gasteiger partial charge in [-0.3, -0.25) is 4.79 Å². The van der Waals surface area contributed by atoms with E-state index < -0.39 is 22.7 Å². The molecule has 2 N–H and O–H groups in total. The zero-order valence-corrected chi connectivity index (χ0v) is 12.9. The monoisotopic (exact) mass is 338 g/mol. The molecule has 0 unspecified atom stereocenters. The number of carbonyl (C=O) groups is 1. The van der Waals surface area contributed by atoms with Crippen molar-refractivity contribution >= 4 is 21.6 Å². The Labute approximate surface area is 127 Å². The standard InChI is InChI=1S/C13H17F3N2O3S/c1-9(2)7-12(19)18-10-3-5-11(6-4-10)22(20,21)17-8-13(14,15)16/h3-6,9,17H,7-8H2,1-2H3,(H,18,19). The van der Waals surface area contributed by atoms with Gasteiger partial charge < -0.3 is 5.32 Å². The molecule has 1 aromatic carbocycles. The number of nitrogens with one attached hydrogen (secondary N) is 2. The molecule has 0 atom stereocenters. The van der Waals surface area contributed by atoms with Crippen LogP contribution in [0.5, 0.6) is 0 Å². The molecule has 1 amide bonds. The fraction of sp³-hybridized carbons (Fsp3) is 0.462. The van der Waals surface area contributed by atoms with Crippen molar-refractivity contribution in [3.63, 3.8) is 0 Å². The van der Waals surface area contributed by atoms with Crippen molar-refractivity contribution in [2.24, 2.45) is 5.92 Å². The Hall–Kier alpha value is -1.61. The van der Waals surface area contributed by atoms with Crippen molar-refractivity contribution in [3.8, 4) is 0 Å². The number of benzene rings is 1. The third-order valence-corrected chi connectivity index (χ3v) is 3.92. The summed E-state index contributed by atoms with van der Waals surface area (Å²) in [7, 11) is -4.24. The molecule has 1 rings (SSSR count). The highest BCUT2D eigenvalue weighted by atomic mass is 32.2. The van der Waals surface area contributed by atoms with Crippen LogP contribution < -0.4 is 10.0 Å². The number of hydrogen-bond donors (Lipinski definition) is 2. The molecule has 9 heteroatoms. The van der Waals surface area contributed by atoms with Gasteiger partial charge in [0.15, 0.2) is 0 Å². The zero-order valence-electron chi connectivity index (χ0n) is 12.1. The lowest BCUT2D eigenvalue weighted by atomic mass is 10.1. The molecule has 22 heavy (non-hydrogen) atoms. The number of rotatable bonds is 6. The van der Waals surface area contributed by atoms with Crippen LogP contribution in [0.1, 0.15) is 20.3 Å². The van der Waals surface area contributed by atoms with Gasteiger partial charge in [-0.2, -0.15) is 13.2 Å². The summed E-state index contributed by atoms with van der Waals surface area (Å²) in [5.74, 6) is -0.0491. The molecular weight excluding hydrogens is 321 g/mol. The van der Waals surface area contributed by atoms with Gasteiger partial charge in [-0.1, -0.05) is 13.8 Å². The molecule has 0 saturated carbocycles. The second kappa shape index (κ2) is 7.10. The first-order valence-corrected chi connectivity index (χ1v) is 7.94. The fourth-order valence-electron chi connectivity index (χ4n) is 1.56. The molecule has 0 radical (unpaired) electrons. The molecule has 0 bridgehead atoms. The first-order chi connectivity index (χ1) is 9.99. The maximum atomic E-state index is 12.0. The van der Waals surface area contributed by atoms with Gasteiger partial charge in [0, 0.05) is 12.1 Å². The van der Waals surface area contributed by atoms with Gasteiger partial charge >= 0.3 is 6.18 Å². The van der Waals surface area contributed by atoms with Gasteiger partial charge in [0.25, 0.3) is 0 Å². The normalized spacial score (nSPS) is 12.5. The van der Waals surface area contributed by atoms with E-state index in [1.54, 1.807) is 0 Å². The highest BCUT2D eigenvalue weighted by Crippen LogP contribution is 2.17. The Morgan fingerprint density at radius 2 is 1.73 bits per heavy atom. The fourth-order valence-corrected chi connectivity index (χ4v) is 2.58. The van der Waals surface area contributed by atoms with Gasteiger partial charge in [0.05, 0.1) is 4.90 Å². The first-order valence-electron chi connectivity index (χ1n) is 6.46. The van der Waals surface area contributed by atoms with E-state index in [-0.39, 0.29) is 16.7 Å². The number of sulfonamides is 1. The van der Waals surface area contributed by atoms with E-state index in [4.69, 9.17) is 0 Å². The zero-order chi connectivity index (χ0) is 17.0. The first kappa shape index (κ1) is 18.4. The third kappa shape index (κ3) is 6.44. The predicted molar refractivity (Wildman–Crippen MR) is 75.8 cm³/mol. The lowest BCUT2D eigenvalue weighted by molar-refractivity contribution is -0.121. The van der Waals surface area contributed by atoms with Crippen LogP contribution in [-0.2, 0) is 14.8 Å². The Morgan fingerprint density at radius 3 is 2.18 bits per heavy atom. The molecule has 0 spiro atoms. The van der Waals surface area contributed by atoms with Crippen molar-refractivity contribution in [1.82, 2.24) is 4.72 Å². The second-order valence-electron chi connectivity index (χ2n) is 5.11. The molecule has 0 aromatic heterocycles. The molecule has 0 aliphatic carbocycles. The quantitative estimate of drug-likeness (QED) is 0.837. The summed E-state index contributed by atoms with van der Waals surface area (Å²) >= 11 is 0. The third-order valence-electron chi connectivity index (χ3n) is 2.50. The van der Waals surface area contributed by atoms with Crippen LogP contribution in [0, 0.1) is 5.92 Å². The number of carbonyl (C=O) groups excluding carboxylic acids is 1. The lowest BCUT2D eigenvalue weighted by Crippen LogP contribution is -2.33. The summed E-state index contributed by atoms with van der Waals surface area (Å²) in [5, 5.41) is 2.57. The second-order valence-corrected chi connectivity index (χ2v) is 6.88. The maximum Gasteiger partial charge on any atom is 0.402 e. The molecule has 1 aromatic rings. The van der Waals surface area contributed by atoms with Crippen LogP contribution in [0.15, 0.2) is 29.2 Å². The van der Waals surface area contributed by atoms with E-state index in [2.05, 4.69) is 5.32 Å². The number of alkyl halides is 3. The topological polar surface area (TPSA) is 75.3 Å². The van der Waals surface area contributed by atoms with Crippen LogP contribution in [-0.4, -0.2) is 27.0 Å². The average molecular weight is 338 g/mol. The lowest BCUT2D eigenvalue weighted by Gasteiger charge is -2.10. The van der Waals surface area contributed by atoms with Crippen LogP contribution in [0.3, 0.4) is 0 Å². The van der Waals surface area contributed by atoms with Crippen molar-refractivity contribution in [1.29, 1.82) is 0 Å². The van der Waals surface area contributed by atoms with Crippen LogP contribution in [0.25, 0.3) is 0 Å². The highest BCUT2D eigenvalue weighted by Gasteiger charge is 2.30. The molecule has 0 aliphatic heterocycles. The van der Waals surface area contributed by atoms with Crippen LogP contribution in [0.2, 0.25) is 0 Å². The highest BCUT2D eigenvalue weighted by molar-refractivity contribution is 7.89. The largest absolute Gasteiger partial charge is 0.402 e. The van der Waals surface area contributed by atoms with Gasteiger partial charge in [-0.15, -0.1) is 0 Å². The van der Waals surface area contributed by atoms with Gasteiger partial charge in [-0.25, -0.2) is 13.1 Å². The summed E-state index contributed by atoms with van der Waals surface area (Å²) in [4.78, 5) is 11.2. The summed E-state index contributed by atoms with van der Waals surface area (Å²) in [5.41, 5.74) is 0.375. The Kier molecular flexibility index (Phi) is 5.95. The van der Waals surface area contributed by atoms with E-state index in [0.29, 0.717) is 12.1 Å². The van der Waals surface area contributed by atoms with E-state index >= 15 is 0 Å². The molecule has 0 heterocycles. The van der Waals surface area contributed by atoms with Gasteiger partial charge in [0.2, 0.25) is 15.9 Å².